The van der Waals surface area contributed by atoms with Gasteiger partial charge >= 0.3 is 0 Å². The zero-order valence-electron chi connectivity index (χ0n) is 19.2. The zero-order valence-corrected chi connectivity index (χ0v) is 20.8. The summed E-state index contributed by atoms with van der Waals surface area (Å²) >= 11 is 1.19. The van der Waals surface area contributed by atoms with Crippen molar-refractivity contribution in [2.24, 2.45) is 5.92 Å². The third-order valence-electron chi connectivity index (χ3n) is 6.96. The average Bonchev–Trinajstić information content (AvgIpc) is 2.83. The van der Waals surface area contributed by atoms with Crippen LogP contribution in [-0.2, 0) is 32.5 Å². The molecule has 5 rings (SSSR count). The molecule has 9 heteroatoms. The molecule has 3 aliphatic rings. The lowest BCUT2D eigenvalue weighted by Gasteiger charge is -2.33. The first-order valence-electron chi connectivity index (χ1n) is 11.9. The summed E-state index contributed by atoms with van der Waals surface area (Å²) in [5, 5.41) is 1.92. The van der Waals surface area contributed by atoms with Gasteiger partial charge in [-0.2, -0.15) is 0 Å². The van der Waals surface area contributed by atoms with E-state index in [1.807, 2.05) is 6.07 Å². The van der Waals surface area contributed by atoms with E-state index in [4.69, 9.17) is 0 Å². The number of hydrogen-bond acceptors (Lipinski definition) is 5. The topological polar surface area (TPSA) is 95.6 Å². The van der Waals surface area contributed by atoms with Gasteiger partial charge in [-0.1, -0.05) is 19.1 Å². The normalized spacial score (nSPS) is 20.8. The van der Waals surface area contributed by atoms with E-state index in [-0.39, 0.29) is 10.8 Å². The second kappa shape index (κ2) is 9.26. The highest BCUT2D eigenvalue weighted by molar-refractivity contribution is 8.01. The molecule has 0 spiro atoms. The number of anilines is 2. The van der Waals surface area contributed by atoms with Crippen LogP contribution in [0.25, 0.3) is 0 Å². The number of nitrogens with zero attached hydrogens (tertiary/aromatic N) is 1. The van der Waals surface area contributed by atoms with E-state index in [0.29, 0.717) is 35.3 Å². The number of carbonyl (C=O) groups is 2. The molecule has 0 unspecified atom stereocenters. The lowest BCUT2D eigenvalue weighted by molar-refractivity contribution is -0.135. The smallest absolute Gasteiger partial charge is 0.261 e. The van der Waals surface area contributed by atoms with E-state index in [9.17, 15) is 18.0 Å². The number of likely N-dealkylation sites (tertiary alicyclic amines) is 1. The predicted molar refractivity (Wildman–Crippen MR) is 134 cm³/mol. The number of fused-ring (bicyclic) bond motifs is 2. The summed E-state index contributed by atoms with van der Waals surface area (Å²) in [6.07, 6.45) is 5.87. The largest absolute Gasteiger partial charge is 0.341 e. The van der Waals surface area contributed by atoms with Crippen molar-refractivity contribution in [3.05, 3.63) is 47.5 Å². The van der Waals surface area contributed by atoms with Crippen molar-refractivity contribution in [3.63, 3.8) is 0 Å². The van der Waals surface area contributed by atoms with E-state index in [2.05, 4.69) is 23.0 Å². The first kappa shape index (κ1) is 23.2. The van der Waals surface area contributed by atoms with Gasteiger partial charge in [-0.15, -0.1) is 11.8 Å². The molecule has 1 fully saturated rings. The highest BCUT2D eigenvalue weighted by atomic mass is 32.2. The SMILES string of the molecule is CC1CCN(C(=O)[C@@H]2Sc3ccc(S(=O)(=O)Nc4cccc5c4CCCC5)cc3NC2=O)CC1. The van der Waals surface area contributed by atoms with Crippen molar-refractivity contribution >= 4 is 45.0 Å². The first-order chi connectivity index (χ1) is 16.3. The molecule has 7 nitrogen and oxygen atoms in total. The van der Waals surface area contributed by atoms with E-state index < -0.39 is 21.2 Å². The summed E-state index contributed by atoms with van der Waals surface area (Å²) in [4.78, 5) is 28.3. The molecule has 1 atom stereocenters. The van der Waals surface area contributed by atoms with Gasteiger partial charge in [-0.25, -0.2) is 8.42 Å². The van der Waals surface area contributed by atoms with Crippen LogP contribution in [0.3, 0.4) is 0 Å². The number of rotatable bonds is 4. The highest BCUT2D eigenvalue weighted by Crippen LogP contribution is 2.38. The van der Waals surface area contributed by atoms with Crippen LogP contribution < -0.4 is 10.0 Å². The summed E-state index contributed by atoms with van der Waals surface area (Å²) in [7, 11) is -3.84. The Morgan fingerprint density at radius 2 is 1.88 bits per heavy atom. The minimum Gasteiger partial charge on any atom is -0.341 e. The number of carbonyl (C=O) groups excluding carboxylic acids is 2. The van der Waals surface area contributed by atoms with Crippen LogP contribution in [0.4, 0.5) is 11.4 Å². The van der Waals surface area contributed by atoms with Crippen molar-refractivity contribution in [2.45, 2.75) is 60.5 Å². The van der Waals surface area contributed by atoms with Gasteiger partial charge in [-0.05, 0) is 79.8 Å². The Balaban J connectivity index is 1.34. The Morgan fingerprint density at radius 3 is 2.68 bits per heavy atom. The van der Waals surface area contributed by atoms with Gasteiger partial charge in [0.05, 0.1) is 16.3 Å². The lowest BCUT2D eigenvalue weighted by Crippen LogP contribution is -2.47. The molecule has 0 aromatic heterocycles. The Kier molecular flexibility index (Phi) is 6.33. The van der Waals surface area contributed by atoms with Gasteiger partial charge in [-0.3, -0.25) is 14.3 Å². The Hall–Kier alpha value is -2.52. The highest BCUT2D eigenvalue weighted by Gasteiger charge is 2.37. The number of benzene rings is 2. The van der Waals surface area contributed by atoms with Crippen LogP contribution >= 0.6 is 11.8 Å². The van der Waals surface area contributed by atoms with Crippen molar-refractivity contribution in [2.75, 3.05) is 23.1 Å². The Bertz CT molecular complexity index is 1240. The molecule has 0 bridgehead atoms. The van der Waals surface area contributed by atoms with Gasteiger partial charge in [0, 0.05) is 18.0 Å². The average molecular weight is 500 g/mol. The molecule has 34 heavy (non-hydrogen) atoms. The molecular formula is C25H29N3O4S2. The molecule has 2 amide bonds. The molecule has 1 saturated heterocycles. The second-order valence-electron chi connectivity index (χ2n) is 9.41. The standard InChI is InChI=1S/C25H29N3O4S2/c1-16-11-13-28(14-12-16)25(30)23-24(29)26-21-15-18(9-10-22(21)33-23)34(31,32)27-20-8-4-6-17-5-2-3-7-19(17)20/h4,6,8-10,15-16,23,27H,2-3,5,7,11-14H2,1H3,(H,26,29)/t23-/m1/s1. The maximum Gasteiger partial charge on any atom is 0.261 e. The fourth-order valence-electron chi connectivity index (χ4n) is 4.89. The van der Waals surface area contributed by atoms with Crippen molar-refractivity contribution < 1.29 is 18.0 Å². The van der Waals surface area contributed by atoms with Crippen LogP contribution in [0.5, 0.6) is 0 Å². The minimum atomic E-state index is -3.84. The third-order valence-corrected chi connectivity index (χ3v) is 9.59. The lowest BCUT2D eigenvalue weighted by atomic mass is 9.91. The molecule has 0 saturated carbocycles. The molecule has 2 heterocycles. The van der Waals surface area contributed by atoms with Crippen molar-refractivity contribution in [3.8, 4) is 0 Å². The zero-order chi connectivity index (χ0) is 23.9. The van der Waals surface area contributed by atoms with Crippen molar-refractivity contribution in [1.29, 1.82) is 0 Å². The van der Waals surface area contributed by atoms with E-state index >= 15 is 0 Å². The monoisotopic (exact) mass is 499 g/mol. The van der Waals surface area contributed by atoms with Crippen LogP contribution in [0.2, 0.25) is 0 Å². The number of aryl methyl sites for hydroxylation is 1. The molecule has 0 radical (unpaired) electrons. The molecule has 180 valence electrons. The number of sulfonamides is 1. The first-order valence-corrected chi connectivity index (χ1v) is 14.2. The molecule has 2 N–H and O–H groups in total. The summed E-state index contributed by atoms with van der Waals surface area (Å²) in [5.74, 6) is 0.0148. The van der Waals surface area contributed by atoms with Crippen LogP contribution in [0.15, 0.2) is 46.2 Å². The summed E-state index contributed by atoms with van der Waals surface area (Å²) in [6.45, 7) is 3.51. The maximum atomic E-state index is 13.2. The number of thioether (sulfide) groups is 1. The van der Waals surface area contributed by atoms with Crippen LogP contribution in [0.1, 0.15) is 43.7 Å². The number of nitrogens with one attached hydrogen (secondary N) is 2. The van der Waals surface area contributed by atoms with Gasteiger partial charge in [0.1, 0.15) is 0 Å². The van der Waals surface area contributed by atoms with E-state index in [0.717, 1.165) is 44.1 Å². The van der Waals surface area contributed by atoms with Crippen LogP contribution in [-0.4, -0.2) is 43.5 Å². The summed E-state index contributed by atoms with van der Waals surface area (Å²) < 4.78 is 29.1. The van der Waals surface area contributed by atoms with Gasteiger partial charge < -0.3 is 10.2 Å². The minimum absolute atomic E-state index is 0.0790. The number of piperidine rings is 1. The molecule has 2 aliphatic heterocycles. The second-order valence-corrected chi connectivity index (χ2v) is 12.2. The van der Waals surface area contributed by atoms with Crippen LogP contribution in [0, 0.1) is 5.92 Å². The molecular weight excluding hydrogens is 470 g/mol. The fraction of sp³-hybridized carbons (Fsp3) is 0.440. The summed E-state index contributed by atoms with van der Waals surface area (Å²) in [5.41, 5.74) is 3.30. The fourth-order valence-corrected chi connectivity index (χ4v) is 7.07. The quantitative estimate of drug-likeness (QED) is 0.619. The molecule has 2 aromatic rings. The van der Waals surface area contributed by atoms with Crippen molar-refractivity contribution in [1.82, 2.24) is 4.90 Å². The molecule has 1 aliphatic carbocycles. The third kappa shape index (κ3) is 4.55. The summed E-state index contributed by atoms with van der Waals surface area (Å²) in [6, 6.07) is 10.4. The van der Waals surface area contributed by atoms with E-state index in [1.165, 1.54) is 29.5 Å². The van der Waals surface area contributed by atoms with Gasteiger partial charge in [0.15, 0.2) is 5.25 Å². The predicted octanol–water partition coefficient (Wildman–Crippen LogP) is 4.04. The Morgan fingerprint density at radius 1 is 1.12 bits per heavy atom. The number of hydrogen-bond donors (Lipinski definition) is 2. The maximum absolute atomic E-state index is 13.2. The van der Waals surface area contributed by atoms with E-state index in [1.54, 1.807) is 17.0 Å². The number of amides is 2. The Labute approximate surface area is 204 Å². The van der Waals surface area contributed by atoms with Gasteiger partial charge in [0.25, 0.3) is 10.0 Å². The van der Waals surface area contributed by atoms with Gasteiger partial charge in [0.2, 0.25) is 11.8 Å². The molecule has 2 aromatic carbocycles.